The van der Waals surface area contributed by atoms with E-state index in [-0.39, 0.29) is 0 Å². The van der Waals surface area contributed by atoms with Gasteiger partial charge in [-0.2, -0.15) is 4.98 Å². The van der Waals surface area contributed by atoms with Crippen molar-refractivity contribution in [2.75, 3.05) is 12.4 Å². The van der Waals surface area contributed by atoms with Crippen LogP contribution in [0.3, 0.4) is 0 Å². The number of benzene rings is 1. The van der Waals surface area contributed by atoms with Crippen LogP contribution in [0.5, 0.6) is 11.6 Å². The van der Waals surface area contributed by atoms with E-state index in [1.54, 1.807) is 7.05 Å². The first-order valence-corrected chi connectivity index (χ1v) is 7.00. The summed E-state index contributed by atoms with van der Waals surface area (Å²) in [5, 5.41) is 3.24. The lowest BCUT2D eigenvalue weighted by atomic mass is 9.99. The molecule has 0 aliphatic rings. The minimum atomic E-state index is 0.349. The van der Waals surface area contributed by atoms with E-state index in [0.717, 1.165) is 6.42 Å². The molecule has 0 amide bonds. The van der Waals surface area contributed by atoms with E-state index in [1.165, 1.54) is 11.8 Å². The Labute approximate surface area is 124 Å². The standard InChI is InChI=1S/C15H18ClN3O/c1-4-10(2)11-5-7-12(8-6-11)20-14-13(16)9-18-15(17-3)19-14/h5-10H,4H2,1-3H3,(H,17,18,19). The number of nitrogens with one attached hydrogen (secondary N) is 1. The molecule has 0 spiro atoms. The Morgan fingerprint density at radius 1 is 1.30 bits per heavy atom. The second-order valence-electron chi connectivity index (χ2n) is 4.58. The Bertz CT molecular complexity index is 572. The molecule has 2 rings (SSSR count). The van der Waals surface area contributed by atoms with Crippen LogP contribution in [-0.4, -0.2) is 17.0 Å². The van der Waals surface area contributed by atoms with Crippen LogP contribution < -0.4 is 10.1 Å². The van der Waals surface area contributed by atoms with E-state index < -0.39 is 0 Å². The first-order chi connectivity index (χ1) is 9.63. The van der Waals surface area contributed by atoms with Crippen LogP contribution in [0.2, 0.25) is 5.02 Å². The number of aromatic nitrogens is 2. The van der Waals surface area contributed by atoms with Gasteiger partial charge >= 0.3 is 0 Å². The van der Waals surface area contributed by atoms with E-state index in [4.69, 9.17) is 16.3 Å². The van der Waals surface area contributed by atoms with Crippen molar-refractivity contribution in [2.24, 2.45) is 0 Å². The highest BCUT2D eigenvalue weighted by molar-refractivity contribution is 6.31. The third-order valence-corrected chi connectivity index (χ3v) is 3.47. The molecule has 2 aromatic rings. The first kappa shape index (κ1) is 14.6. The molecule has 0 radical (unpaired) electrons. The average molecular weight is 292 g/mol. The van der Waals surface area contributed by atoms with Gasteiger partial charge < -0.3 is 10.1 Å². The summed E-state index contributed by atoms with van der Waals surface area (Å²) >= 11 is 6.03. The lowest BCUT2D eigenvalue weighted by Crippen LogP contribution is -1.98. The van der Waals surface area contributed by atoms with Gasteiger partial charge in [0.25, 0.3) is 0 Å². The highest BCUT2D eigenvalue weighted by atomic mass is 35.5. The zero-order valence-electron chi connectivity index (χ0n) is 11.9. The molecule has 4 nitrogen and oxygen atoms in total. The Morgan fingerprint density at radius 3 is 2.60 bits per heavy atom. The molecule has 0 bridgehead atoms. The van der Waals surface area contributed by atoms with Crippen LogP contribution in [0.25, 0.3) is 0 Å². The summed E-state index contributed by atoms with van der Waals surface area (Å²) in [5.41, 5.74) is 1.30. The number of anilines is 1. The fraction of sp³-hybridized carbons (Fsp3) is 0.333. The number of hydrogen-bond donors (Lipinski definition) is 1. The summed E-state index contributed by atoms with van der Waals surface area (Å²) in [6.07, 6.45) is 2.63. The maximum atomic E-state index is 6.03. The predicted molar refractivity (Wildman–Crippen MR) is 81.8 cm³/mol. The molecule has 0 fully saturated rings. The maximum absolute atomic E-state index is 6.03. The highest BCUT2D eigenvalue weighted by Crippen LogP contribution is 2.28. The largest absolute Gasteiger partial charge is 0.437 e. The lowest BCUT2D eigenvalue weighted by molar-refractivity contribution is 0.462. The third-order valence-electron chi connectivity index (χ3n) is 3.21. The molecule has 0 saturated carbocycles. The molecule has 0 saturated heterocycles. The monoisotopic (exact) mass is 291 g/mol. The number of halogens is 1. The van der Waals surface area contributed by atoms with Crippen LogP contribution in [0, 0.1) is 0 Å². The Morgan fingerprint density at radius 2 is 2.00 bits per heavy atom. The Kier molecular flexibility index (Phi) is 4.79. The van der Waals surface area contributed by atoms with Gasteiger partial charge in [0.15, 0.2) is 0 Å². The summed E-state index contributed by atoms with van der Waals surface area (Å²) < 4.78 is 5.70. The smallest absolute Gasteiger partial charge is 0.243 e. The molecular weight excluding hydrogens is 274 g/mol. The van der Waals surface area contributed by atoms with Gasteiger partial charge in [0, 0.05) is 7.05 Å². The van der Waals surface area contributed by atoms with Gasteiger partial charge in [-0.1, -0.05) is 37.6 Å². The van der Waals surface area contributed by atoms with Crippen molar-refractivity contribution >= 4 is 17.5 Å². The summed E-state index contributed by atoms with van der Waals surface area (Å²) in [6.45, 7) is 4.38. The average Bonchev–Trinajstić information content (AvgIpc) is 2.49. The molecule has 106 valence electrons. The van der Waals surface area contributed by atoms with Crippen LogP contribution in [-0.2, 0) is 0 Å². The fourth-order valence-corrected chi connectivity index (χ4v) is 1.88. The van der Waals surface area contributed by atoms with Gasteiger partial charge in [0.1, 0.15) is 10.8 Å². The highest BCUT2D eigenvalue weighted by Gasteiger charge is 2.08. The molecule has 1 aromatic carbocycles. The van der Waals surface area contributed by atoms with Gasteiger partial charge in [0.05, 0.1) is 6.20 Å². The van der Waals surface area contributed by atoms with Gasteiger partial charge in [-0.05, 0) is 30.0 Å². The van der Waals surface area contributed by atoms with Crippen LogP contribution >= 0.6 is 11.6 Å². The van der Waals surface area contributed by atoms with Crippen molar-refractivity contribution < 1.29 is 4.74 Å². The van der Waals surface area contributed by atoms with Crippen molar-refractivity contribution in [1.82, 2.24) is 9.97 Å². The lowest BCUT2D eigenvalue weighted by Gasteiger charge is -2.11. The summed E-state index contributed by atoms with van der Waals surface area (Å²) in [7, 11) is 1.74. The summed E-state index contributed by atoms with van der Waals surface area (Å²) in [5.74, 6) is 2.07. The zero-order valence-corrected chi connectivity index (χ0v) is 12.6. The van der Waals surface area contributed by atoms with Gasteiger partial charge in [-0.15, -0.1) is 0 Å². The van der Waals surface area contributed by atoms with Crippen molar-refractivity contribution in [2.45, 2.75) is 26.2 Å². The summed E-state index contributed by atoms with van der Waals surface area (Å²) in [4.78, 5) is 8.20. The number of ether oxygens (including phenoxy) is 1. The van der Waals surface area contributed by atoms with Crippen LogP contribution in [0.15, 0.2) is 30.5 Å². The molecule has 1 aromatic heterocycles. The van der Waals surface area contributed by atoms with E-state index in [2.05, 4.69) is 41.3 Å². The number of rotatable bonds is 5. The van der Waals surface area contributed by atoms with Crippen LogP contribution in [0.4, 0.5) is 5.95 Å². The van der Waals surface area contributed by atoms with Gasteiger partial charge in [-0.3, -0.25) is 0 Å². The van der Waals surface area contributed by atoms with Gasteiger partial charge in [-0.25, -0.2) is 4.98 Å². The first-order valence-electron chi connectivity index (χ1n) is 6.62. The molecule has 1 atom stereocenters. The summed E-state index contributed by atoms with van der Waals surface area (Å²) in [6, 6.07) is 7.99. The van der Waals surface area contributed by atoms with E-state index in [9.17, 15) is 0 Å². The minimum absolute atomic E-state index is 0.349. The third kappa shape index (κ3) is 3.39. The Balaban J connectivity index is 2.17. The Hall–Kier alpha value is -1.81. The van der Waals surface area contributed by atoms with Crippen molar-refractivity contribution in [3.8, 4) is 11.6 Å². The molecule has 1 heterocycles. The number of nitrogens with zero attached hydrogens (tertiary/aromatic N) is 2. The van der Waals surface area contributed by atoms with Gasteiger partial charge in [0.2, 0.25) is 11.8 Å². The second-order valence-corrected chi connectivity index (χ2v) is 4.98. The molecule has 20 heavy (non-hydrogen) atoms. The molecule has 0 aliphatic carbocycles. The van der Waals surface area contributed by atoms with Crippen molar-refractivity contribution in [1.29, 1.82) is 0 Å². The number of hydrogen-bond acceptors (Lipinski definition) is 4. The molecular formula is C15H18ClN3O. The van der Waals surface area contributed by atoms with E-state index in [0.29, 0.717) is 28.5 Å². The topological polar surface area (TPSA) is 47.0 Å². The SMILES string of the molecule is CCC(C)c1ccc(Oc2nc(NC)ncc2Cl)cc1. The molecule has 1 unspecified atom stereocenters. The fourth-order valence-electron chi connectivity index (χ4n) is 1.76. The zero-order chi connectivity index (χ0) is 14.5. The molecule has 0 aliphatic heterocycles. The molecule has 1 N–H and O–H groups in total. The second kappa shape index (κ2) is 6.57. The maximum Gasteiger partial charge on any atom is 0.243 e. The van der Waals surface area contributed by atoms with Crippen LogP contribution in [0.1, 0.15) is 31.7 Å². The quantitative estimate of drug-likeness (QED) is 0.882. The normalized spacial score (nSPS) is 12.0. The van der Waals surface area contributed by atoms with Crippen molar-refractivity contribution in [3.05, 3.63) is 41.0 Å². The predicted octanol–water partition coefficient (Wildman–Crippen LogP) is 4.48. The van der Waals surface area contributed by atoms with Crippen molar-refractivity contribution in [3.63, 3.8) is 0 Å². The minimum Gasteiger partial charge on any atom is -0.437 e. The van der Waals surface area contributed by atoms with E-state index in [1.807, 2.05) is 12.1 Å². The molecule has 5 heteroatoms. The van der Waals surface area contributed by atoms with E-state index >= 15 is 0 Å².